The van der Waals surface area contributed by atoms with Gasteiger partial charge in [-0.3, -0.25) is 19.3 Å². The van der Waals surface area contributed by atoms with Crippen molar-refractivity contribution in [2.45, 2.75) is 76.2 Å². The largest absolute Gasteiger partial charge is 0.445 e. The van der Waals surface area contributed by atoms with Gasteiger partial charge in [-0.2, -0.15) is 0 Å². The van der Waals surface area contributed by atoms with E-state index in [9.17, 15) is 24.3 Å². The number of rotatable bonds is 5. The smallest absolute Gasteiger partial charge is 0.410 e. The number of anilines is 1. The normalized spacial score (nSPS) is 26.1. The molecule has 3 aliphatic rings. The second kappa shape index (κ2) is 11.5. The van der Waals surface area contributed by atoms with Crippen LogP contribution in [0.15, 0.2) is 48.5 Å². The minimum Gasteiger partial charge on any atom is -0.445 e. The Morgan fingerprint density at radius 3 is 2.61 bits per heavy atom. The Bertz CT molecular complexity index is 1330. The molecule has 2 aromatic rings. The fourth-order valence-electron chi connectivity index (χ4n) is 6.35. The monoisotopic (exact) mass is 562 g/mol. The lowest BCUT2D eigenvalue weighted by Crippen LogP contribution is -2.55. The molecule has 10 nitrogen and oxygen atoms in total. The standard InChI is InChI=1S/C31H38N4O6/c1-19(2)14-24-28(38)35-18-31(16-25(35)27(32)37)22-15-21(11-12-23(22)33-29(31)39)26(36)10-6-7-13-34(24)30(40)41-17-20-8-4-3-5-9-20/h3-5,8-9,11-12,15,19,24-26,36H,6-7,10,13-14,16-18H2,1-2H3,(H2,32,37)(H,33,39)/t24-,25-,26?,31-/m0/s1. The van der Waals surface area contributed by atoms with Crippen LogP contribution >= 0.6 is 0 Å². The fourth-order valence-corrected chi connectivity index (χ4v) is 6.35. The second-order valence-corrected chi connectivity index (χ2v) is 11.8. The number of aliphatic hydroxyl groups is 1. The molecule has 3 aliphatic heterocycles. The summed E-state index contributed by atoms with van der Waals surface area (Å²) in [4.78, 5) is 57.0. The molecule has 3 heterocycles. The second-order valence-electron chi connectivity index (χ2n) is 11.8. The van der Waals surface area contributed by atoms with Crippen molar-refractivity contribution >= 4 is 29.5 Å². The summed E-state index contributed by atoms with van der Waals surface area (Å²) in [6.07, 6.45) is 0.539. The summed E-state index contributed by atoms with van der Waals surface area (Å²) in [5, 5.41) is 13.9. The minimum atomic E-state index is -1.19. The molecule has 10 heteroatoms. The van der Waals surface area contributed by atoms with Gasteiger partial charge in [0.2, 0.25) is 17.7 Å². The molecule has 4 N–H and O–H groups in total. The third-order valence-electron chi connectivity index (χ3n) is 8.52. The molecular weight excluding hydrogens is 524 g/mol. The summed E-state index contributed by atoms with van der Waals surface area (Å²) < 4.78 is 5.68. The SMILES string of the molecule is CC(C)C[C@H]1C(=O)N2C[C@]3(C[C@H]2C(N)=O)C(=O)Nc2ccc(cc23)C(O)CCCCN1C(=O)OCc1ccccc1. The highest BCUT2D eigenvalue weighted by Crippen LogP contribution is 2.47. The predicted molar refractivity (Wildman–Crippen MR) is 151 cm³/mol. The number of benzene rings is 2. The van der Waals surface area contributed by atoms with Crippen LogP contribution in [0.3, 0.4) is 0 Å². The summed E-state index contributed by atoms with van der Waals surface area (Å²) in [5.41, 5.74) is 7.37. The van der Waals surface area contributed by atoms with Crippen LogP contribution in [0, 0.1) is 5.92 Å². The van der Waals surface area contributed by atoms with Gasteiger partial charge in [-0.25, -0.2) is 4.79 Å². The molecule has 218 valence electrons. The number of primary amides is 1. The van der Waals surface area contributed by atoms with E-state index in [0.29, 0.717) is 42.5 Å². The van der Waals surface area contributed by atoms with Crippen LogP contribution in [-0.4, -0.2) is 63.9 Å². The maximum Gasteiger partial charge on any atom is 0.410 e. The Balaban J connectivity index is 1.54. The molecule has 0 aliphatic carbocycles. The van der Waals surface area contributed by atoms with Gasteiger partial charge in [0.15, 0.2) is 0 Å². The lowest BCUT2D eigenvalue weighted by molar-refractivity contribution is -0.142. The molecular formula is C31H38N4O6. The van der Waals surface area contributed by atoms with E-state index in [4.69, 9.17) is 10.5 Å². The molecule has 0 radical (unpaired) electrons. The summed E-state index contributed by atoms with van der Waals surface area (Å²) in [7, 11) is 0. The number of ether oxygens (including phenoxy) is 1. The molecule has 1 saturated heterocycles. The zero-order chi connectivity index (χ0) is 29.3. The highest BCUT2D eigenvalue weighted by atomic mass is 16.6. The van der Waals surface area contributed by atoms with E-state index in [0.717, 1.165) is 5.56 Å². The lowest BCUT2D eigenvalue weighted by Gasteiger charge is -2.35. The van der Waals surface area contributed by atoms with E-state index in [2.05, 4.69) is 5.32 Å². The van der Waals surface area contributed by atoms with Gasteiger partial charge in [0, 0.05) is 18.8 Å². The van der Waals surface area contributed by atoms with Gasteiger partial charge in [0.05, 0.1) is 11.5 Å². The molecule has 1 fully saturated rings. The molecule has 1 spiro atoms. The average Bonchev–Trinajstić information content (AvgIpc) is 3.48. The van der Waals surface area contributed by atoms with Gasteiger partial charge in [0.1, 0.15) is 18.7 Å². The van der Waals surface area contributed by atoms with Crippen LogP contribution in [-0.2, 0) is 31.1 Å². The number of carbonyl (C=O) groups is 4. The van der Waals surface area contributed by atoms with Gasteiger partial charge in [-0.1, -0.05) is 50.2 Å². The topological polar surface area (TPSA) is 142 Å². The number of hydrogen-bond acceptors (Lipinski definition) is 6. The number of hydrogen-bond donors (Lipinski definition) is 3. The first-order valence-corrected chi connectivity index (χ1v) is 14.3. The Kier molecular flexibility index (Phi) is 8.04. The van der Waals surface area contributed by atoms with Crippen LogP contribution in [0.4, 0.5) is 10.5 Å². The molecule has 5 rings (SSSR count). The van der Waals surface area contributed by atoms with Crippen molar-refractivity contribution in [2.75, 3.05) is 18.4 Å². The van der Waals surface area contributed by atoms with Crippen molar-refractivity contribution in [2.24, 2.45) is 11.7 Å². The van der Waals surface area contributed by atoms with Crippen molar-refractivity contribution in [1.82, 2.24) is 9.80 Å². The molecule has 0 saturated carbocycles. The molecule has 0 aromatic heterocycles. The van der Waals surface area contributed by atoms with Crippen LogP contribution in [0.5, 0.6) is 0 Å². The number of carbonyl (C=O) groups excluding carboxylic acids is 4. The van der Waals surface area contributed by atoms with Gasteiger partial charge in [0.25, 0.3) is 0 Å². The summed E-state index contributed by atoms with van der Waals surface area (Å²) in [5.74, 6) is -1.41. The van der Waals surface area contributed by atoms with Crippen LogP contribution in [0.2, 0.25) is 0 Å². The highest BCUT2D eigenvalue weighted by molar-refractivity contribution is 6.08. The Morgan fingerprint density at radius 2 is 1.90 bits per heavy atom. The van der Waals surface area contributed by atoms with Crippen molar-refractivity contribution in [3.8, 4) is 0 Å². The van der Waals surface area contributed by atoms with Gasteiger partial charge >= 0.3 is 6.09 Å². The average molecular weight is 563 g/mol. The number of fused-ring (bicyclic) bond motifs is 2. The number of nitrogens with zero attached hydrogens (tertiary/aromatic N) is 2. The third-order valence-corrected chi connectivity index (χ3v) is 8.52. The van der Waals surface area contributed by atoms with E-state index in [1.807, 2.05) is 50.2 Å². The zero-order valence-electron chi connectivity index (χ0n) is 23.5. The predicted octanol–water partition coefficient (Wildman–Crippen LogP) is 3.23. The number of aliphatic hydroxyl groups excluding tert-OH is 1. The van der Waals surface area contributed by atoms with E-state index >= 15 is 0 Å². The molecule has 1 unspecified atom stereocenters. The van der Waals surface area contributed by atoms with E-state index < -0.39 is 41.5 Å². The van der Waals surface area contributed by atoms with Crippen LogP contribution in [0.1, 0.15) is 68.7 Å². The maximum atomic E-state index is 14.4. The van der Waals surface area contributed by atoms with E-state index in [1.165, 1.54) is 9.80 Å². The molecule has 4 atom stereocenters. The molecule has 4 bridgehead atoms. The highest BCUT2D eigenvalue weighted by Gasteiger charge is 2.58. The third kappa shape index (κ3) is 5.53. The Morgan fingerprint density at radius 1 is 1.15 bits per heavy atom. The number of amides is 4. The summed E-state index contributed by atoms with van der Waals surface area (Å²) >= 11 is 0. The van der Waals surface area contributed by atoms with Gasteiger partial charge in [-0.15, -0.1) is 0 Å². The van der Waals surface area contributed by atoms with Gasteiger partial charge in [-0.05, 0) is 66.8 Å². The van der Waals surface area contributed by atoms with Crippen LogP contribution < -0.4 is 11.1 Å². The zero-order valence-corrected chi connectivity index (χ0v) is 23.5. The van der Waals surface area contributed by atoms with E-state index in [1.54, 1.807) is 12.1 Å². The summed E-state index contributed by atoms with van der Waals surface area (Å²) in [6.45, 7) is 4.14. The molecule has 4 amide bonds. The molecule has 41 heavy (non-hydrogen) atoms. The van der Waals surface area contributed by atoms with Crippen molar-refractivity contribution in [3.05, 3.63) is 65.2 Å². The summed E-state index contributed by atoms with van der Waals surface area (Å²) in [6, 6.07) is 12.7. The van der Waals surface area contributed by atoms with Crippen molar-refractivity contribution in [1.29, 1.82) is 0 Å². The first-order chi connectivity index (χ1) is 19.6. The van der Waals surface area contributed by atoms with Gasteiger partial charge < -0.3 is 25.8 Å². The first-order valence-electron chi connectivity index (χ1n) is 14.3. The number of nitrogens with two attached hydrogens (primary N) is 1. The van der Waals surface area contributed by atoms with Crippen molar-refractivity contribution < 1.29 is 29.0 Å². The maximum absolute atomic E-state index is 14.4. The molecule has 2 aromatic carbocycles. The Labute approximate surface area is 239 Å². The van der Waals surface area contributed by atoms with Crippen molar-refractivity contribution in [3.63, 3.8) is 0 Å². The quantitative estimate of drug-likeness (QED) is 0.511. The van der Waals surface area contributed by atoms with E-state index in [-0.39, 0.29) is 37.9 Å². The lowest BCUT2D eigenvalue weighted by atomic mass is 9.78. The minimum absolute atomic E-state index is 0.0271. The first kappa shape index (κ1) is 28.6. The number of nitrogens with one attached hydrogen (secondary N) is 1. The Hall–Kier alpha value is -3.92. The van der Waals surface area contributed by atoms with Crippen LogP contribution in [0.25, 0.3) is 0 Å². The fraction of sp³-hybridized carbons (Fsp3) is 0.484.